The second kappa shape index (κ2) is 6.24. The number of carbonyl (C=O) groups is 1. The maximum Gasteiger partial charge on any atom is 0.324 e. The summed E-state index contributed by atoms with van der Waals surface area (Å²) in [7, 11) is 0. The van der Waals surface area contributed by atoms with E-state index < -0.39 is 5.72 Å². The largest absolute Gasteiger partial charge is 0.351 e. The molecule has 0 aromatic heterocycles. The van der Waals surface area contributed by atoms with Gasteiger partial charge >= 0.3 is 6.03 Å². The molecule has 2 amide bonds. The highest BCUT2D eigenvalue weighted by Gasteiger charge is 2.47. The zero-order valence-electron chi connectivity index (χ0n) is 13.0. The molecule has 1 aliphatic carbocycles. The summed E-state index contributed by atoms with van der Waals surface area (Å²) >= 11 is 0. The molecule has 3 rings (SSSR count). The third-order valence-corrected chi connectivity index (χ3v) is 4.58. The summed E-state index contributed by atoms with van der Waals surface area (Å²) in [6.07, 6.45) is 6.43. The zero-order valence-corrected chi connectivity index (χ0v) is 13.0. The lowest BCUT2D eigenvalue weighted by molar-refractivity contribution is -0.0932. The smallest absolute Gasteiger partial charge is 0.324 e. The van der Waals surface area contributed by atoms with Crippen molar-refractivity contribution in [2.24, 2.45) is 0 Å². The first-order valence-corrected chi connectivity index (χ1v) is 8.11. The molecule has 1 spiro atoms. The first-order valence-electron chi connectivity index (χ1n) is 8.11. The van der Waals surface area contributed by atoms with E-state index in [0.29, 0.717) is 12.2 Å². The van der Waals surface area contributed by atoms with Gasteiger partial charge in [-0.25, -0.2) is 9.18 Å². The Morgan fingerprint density at radius 1 is 1.23 bits per heavy atom. The third-order valence-electron chi connectivity index (χ3n) is 4.58. The summed E-state index contributed by atoms with van der Waals surface area (Å²) in [4.78, 5) is 14.5. The molecular weight excluding hydrogens is 283 g/mol. The zero-order chi connectivity index (χ0) is 15.6. The van der Waals surface area contributed by atoms with Crippen LogP contribution in [-0.2, 0) is 4.74 Å². The molecule has 1 aliphatic heterocycles. The van der Waals surface area contributed by atoms with Crippen LogP contribution in [0.2, 0.25) is 0 Å². The van der Waals surface area contributed by atoms with Crippen molar-refractivity contribution in [3.63, 3.8) is 0 Å². The van der Waals surface area contributed by atoms with E-state index in [1.54, 1.807) is 12.1 Å². The van der Waals surface area contributed by atoms with E-state index in [1.165, 1.54) is 25.0 Å². The van der Waals surface area contributed by atoms with Gasteiger partial charge in [-0.2, -0.15) is 0 Å². The number of carbonyl (C=O) groups excluding carboxylic acids is 1. The Hall–Kier alpha value is -1.62. The third kappa shape index (κ3) is 3.09. The van der Waals surface area contributed by atoms with Gasteiger partial charge in [-0.1, -0.05) is 12.8 Å². The summed E-state index contributed by atoms with van der Waals surface area (Å²) in [6.45, 7) is 2.62. The van der Waals surface area contributed by atoms with Crippen LogP contribution in [0.4, 0.5) is 14.9 Å². The van der Waals surface area contributed by atoms with E-state index in [9.17, 15) is 9.18 Å². The Bertz CT molecular complexity index is 524. The number of rotatable bonds is 1. The second-order valence-electron chi connectivity index (χ2n) is 6.34. The number of amides is 2. The molecular formula is C17H23FN2O2. The maximum absolute atomic E-state index is 13.0. The number of benzene rings is 1. The lowest BCUT2D eigenvalue weighted by Crippen LogP contribution is -2.49. The molecule has 1 aromatic carbocycles. The van der Waals surface area contributed by atoms with Gasteiger partial charge < -0.3 is 10.1 Å². The van der Waals surface area contributed by atoms with Crippen LogP contribution in [0.1, 0.15) is 45.4 Å². The van der Waals surface area contributed by atoms with Crippen molar-refractivity contribution in [1.82, 2.24) is 4.90 Å². The van der Waals surface area contributed by atoms with Crippen LogP contribution in [0.25, 0.3) is 0 Å². The van der Waals surface area contributed by atoms with Crippen LogP contribution in [0.3, 0.4) is 0 Å². The summed E-state index contributed by atoms with van der Waals surface area (Å²) in [5, 5.41) is 2.86. The van der Waals surface area contributed by atoms with Gasteiger partial charge in [0.05, 0.1) is 12.6 Å². The molecule has 1 saturated carbocycles. The van der Waals surface area contributed by atoms with Crippen molar-refractivity contribution < 1.29 is 13.9 Å². The topological polar surface area (TPSA) is 41.6 Å². The Labute approximate surface area is 130 Å². The molecule has 0 unspecified atom stereocenters. The summed E-state index contributed by atoms with van der Waals surface area (Å²) in [5.41, 5.74) is 0.148. The van der Waals surface area contributed by atoms with Gasteiger partial charge in [0.15, 0.2) is 0 Å². The number of anilines is 1. The fourth-order valence-corrected chi connectivity index (χ4v) is 3.56. The molecule has 1 N–H and O–H groups in total. The number of nitrogens with zero attached hydrogens (tertiary/aromatic N) is 1. The Morgan fingerprint density at radius 2 is 1.86 bits per heavy atom. The average molecular weight is 306 g/mol. The van der Waals surface area contributed by atoms with Crippen LogP contribution in [0, 0.1) is 5.82 Å². The molecule has 2 fully saturated rings. The summed E-state index contributed by atoms with van der Waals surface area (Å²) in [6, 6.07) is 5.69. The predicted octanol–water partition coefficient (Wildman–Crippen LogP) is 4.13. The van der Waals surface area contributed by atoms with E-state index in [1.807, 2.05) is 11.8 Å². The van der Waals surface area contributed by atoms with Crippen LogP contribution >= 0.6 is 0 Å². The SMILES string of the molecule is C[C@H]1CN(C(=O)Nc2ccc(F)cc2)C2(CCCCCC2)O1. The average Bonchev–Trinajstić information content (AvgIpc) is 2.66. The van der Waals surface area contributed by atoms with Gasteiger partial charge in [-0.3, -0.25) is 4.90 Å². The van der Waals surface area contributed by atoms with Crippen LogP contribution in [-0.4, -0.2) is 29.3 Å². The Kier molecular flexibility index (Phi) is 4.34. The second-order valence-corrected chi connectivity index (χ2v) is 6.34. The highest BCUT2D eigenvalue weighted by molar-refractivity contribution is 5.89. The van der Waals surface area contributed by atoms with Crippen LogP contribution in [0.15, 0.2) is 24.3 Å². The van der Waals surface area contributed by atoms with Gasteiger partial charge in [-0.15, -0.1) is 0 Å². The van der Waals surface area contributed by atoms with Crippen LogP contribution < -0.4 is 5.32 Å². The molecule has 22 heavy (non-hydrogen) atoms. The first kappa shape index (κ1) is 15.3. The number of hydrogen-bond acceptors (Lipinski definition) is 2. The fourth-order valence-electron chi connectivity index (χ4n) is 3.56. The fraction of sp³-hybridized carbons (Fsp3) is 0.588. The van der Waals surface area contributed by atoms with Crippen molar-refractivity contribution in [2.45, 2.75) is 57.3 Å². The van der Waals surface area contributed by atoms with Gasteiger partial charge in [0.1, 0.15) is 11.5 Å². The minimum Gasteiger partial charge on any atom is -0.351 e. The van der Waals surface area contributed by atoms with E-state index in [4.69, 9.17) is 4.74 Å². The van der Waals surface area contributed by atoms with E-state index in [-0.39, 0.29) is 18.0 Å². The minimum atomic E-state index is -0.458. The number of urea groups is 1. The number of ether oxygens (including phenoxy) is 1. The van der Waals surface area contributed by atoms with Gasteiger partial charge in [0, 0.05) is 5.69 Å². The molecule has 1 aromatic rings. The predicted molar refractivity (Wildman–Crippen MR) is 83.1 cm³/mol. The van der Waals surface area contributed by atoms with Crippen LogP contribution in [0.5, 0.6) is 0 Å². The van der Waals surface area contributed by atoms with Gasteiger partial charge in [0.2, 0.25) is 0 Å². The Balaban J connectivity index is 1.75. The molecule has 120 valence electrons. The lowest BCUT2D eigenvalue weighted by atomic mass is 10.0. The van der Waals surface area contributed by atoms with Crippen molar-refractivity contribution in [3.05, 3.63) is 30.1 Å². The minimum absolute atomic E-state index is 0.0528. The van der Waals surface area contributed by atoms with E-state index in [0.717, 1.165) is 25.7 Å². The van der Waals surface area contributed by atoms with Crippen molar-refractivity contribution in [3.8, 4) is 0 Å². The van der Waals surface area contributed by atoms with E-state index >= 15 is 0 Å². The maximum atomic E-state index is 13.0. The lowest BCUT2D eigenvalue weighted by Gasteiger charge is -2.36. The standard InChI is InChI=1S/C17H23FN2O2/c1-13-12-20(17(22-13)10-4-2-3-5-11-17)16(21)19-15-8-6-14(18)7-9-15/h6-9,13H,2-5,10-12H2,1H3,(H,19,21)/t13-/m0/s1. The molecule has 5 heteroatoms. The van der Waals surface area contributed by atoms with Crippen molar-refractivity contribution >= 4 is 11.7 Å². The van der Waals surface area contributed by atoms with Gasteiger partial charge in [-0.05, 0) is 56.9 Å². The molecule has 1 atom stereocenters. The molecule has 1 saturated heterocycles. The summed E-state index contributed by atoms with van der Waals surface area (Å²) in [5.74, 6) is -0.309. The van der Waals surface area contributed by atoms with Crippen molar-refractivity contribution in [2.75, 3.05) is 11.9 Å². The normalized spacial score (nSPS) is 24.3. The monoisotopic (exact) mass is 306 g/mol. The molecule has 4 nitrogen and oxygen atoms in total. The number of nitrogens with one attached hydrogen (secondary N) is 1. The first-order chi connectivity index (χ1) is 10.6. The highest BCUT2D eigenvalue weighted by Crippen LogP contribution is 2.39. The molecule has 2 aliphatic rings. The van der Waals surface area contributed by atoms with Gasteiger partial charge in [0.25, 0.3) is 0 Å². The highest BCUT2D eigenvalue weighted by atomic mass is 19.1. The molecule has 0 radical (unpaired) electrons. The number of hydrogen-bond donors (Lipinski definition) is 1. The molecule has 0 bridgehead atoms. The van der Waals surface area contributed by atoms with E-state index in [2.05, 4.69) is 5.32 Å². The number of halogens is 1. The van der Waals surface area contributed by atoms with Crippen molar-refractivity contribution in [1.29, 1.82) is 0 Å². The summed E-state index contributed by atoms with van der Waals surface area (Å²) < 4.78 is 19.1. The Morgan fingerprint density at radius 3 is 2.50 bits per heavy atom. The quantitative estimate of drug-likeness (QED) is 0.847. The molecule has 1 heterocycles.